The minimum atomic E-state index is -1.23. The average molecular weight is 429 g/mol. The second kappa shape index (κ2) is 9.51. The summed E-state index contributed by atoms with van der Waals surface area (Å²) in [5, 5.41) is 49.8. The van der Waals surface area contributed by atoms with Crippen LogP contribution in [0.1, 0.15) is 6.92 Å². The van der Waals surface area contributed by atoms with E-state index in [1.165, 1.54) is 19.1 Å². The van der Waals surface area contributed by atoms with E-state index in [9.17, 15) is 14.7 Å². The molecule has 0 aliphatic carbocycles. The van der Waals surface area contributed by atoms with Gasteiger partial charge in [0.25, 0.3) is 0 Å². The number of carboxylic acids is 1. The Morgan fingerprint density at radius 3 is 2.61 bits per heavy atom. The quantitative estimate of drug-likeness (QED) is 0.173. The first-order chi connectivity index (χ1) is 14.8. The van der Waals surface area contributed by atoms with Crippen LogP contribution in [-0.2, 0) is 4.79 Å². The van der Waals surface area contributed by atoms with E-state index < -0.39 is 12.1 Å². The maximum atomic E-state index is 13.0. The van der Waals surface area contributed by atoms with Gasteiger partial charge in [-0.15, -0.1) is 5.10 Å². The number of rotatable bonds is 7. The molecule has 0 amide bonds. The molecule has 0 bridgehead atoms. The first-order valence-corrected chi connectivity index (χ1v) is 9.58. The highest BCUT2D eigenvalue weighted by Crippen LogP contribution is 2.28. The highest BCUT2D eigenvalue weighted by molar-refractivity contribution is 6.06. The van der Waals surface area contributed by atoms with Crippen molar-refractivity contribution in [3.8, 4) is 5.75 Å². The van der Waals surface area contributed by atoms with Crippen LogP contribution in [0.4, 0.5) is 5.69 Å². The van der Waals surface area contributed by atoms with Crippen molar-refractivity contribution in [2.75, 3.05) is 31.6 Å². The minimum absolute atomic E-state index is 0.0329. The molecule has 2 aromatic heterocycles. The number of benzene rings is 2. The van der Waals surface area contributed by atoms with Crippen molar-refractivity contribution in [2.45, 2.75) is 13.0 Å². The molecule has 6 N–H and O–H groups in total. The van der Waals surface area contributed by atoms with Crippen LogP contribution in [0.3, 0.4) is 0 Å². The van der Waals surface area contributed by atoms with Gasteiger partial charge in [0.05, 0.1) is 22.9 Å². The van der Waals surface area contributed by atoms with Gasteiger partial charge in [0, 0.05) is 25.3 Å². The fraction of sp³-hybridized carbons (Fsp3) is 0.300. The maximum absolute atomic E-state index is 13.0. The van der Waals surface area contributed by atoms with E-state index in [1.54, 1.807) is 10.6 Å². The van der Waals surface area contributed by atoms with Gasteiger partial charge in [0.1, 0.15) is 22.9 Å². The molecule has 4 rings (SSSR count). The van der Waals surface area contributed by atoms with Crippen LogP contribution in [0.15, 0.2) is 35.1 Å². The summed E-state index contributed by atoms with van der Waals surface area (Å²) in [7, 11) is 0. The van der Waals surface area contributed by atoms with Gasteiger partial charge >= 0.3 is 5.97 Å². The molecule has 0 aliphatic heterocycles. The van der Waals surface area contributed by atoms with Crippen molar-refractivity contribution < 1.29 is 25.2 Å². The van der Waals surface area contributed by atoms with Gasteiger partial charge in [-0.25, -0.2) is 9.31 Å². The fourth-order valence-corrected chi connectivity index (χ4v) is 3.07. The third-order valence-electron chi connectivity index (χ3n) is 4.55. The second-order valence-electron chi connectivity index (χ2n) is 6.80. The first kappa shape index (κ1) is 22.2. The van der Waals surface area contributed by atoms with E-state index in [0.717, 1.165) is 0 Å². The Morgan fingerprint density at radius 1 is 1.19 bits per heavy atom. The van der Waals surface area contributed by atoms with Crippen molar-refractivity contribution in [1.82, 2.24) is 20.1 Å². The maximum Gasteiger partial charge on any atom is 0.332 e. The molecule has 164 valence electrons. The third-order valence-corrected chi connectivity index (χ3v) is 4.55. The molecule has 31 heavy (non-hydrogen) atoms. The predicted molar refractivity (Wildman–Crippen MR) is 115 cm³/mol. The van der Waals surface area contributed by atoms with Crippen molar-refractivity contribution in [3.63, 3.8) is 0 Å². The molecule has 1 atom stereocenters. The zero-order valence-electron chi connectivity index (χ0n) is 16.7. The van der Waals surface area contributed by atoms with Gasteiger partial charge in [-0.1, -0.05) is 5.21 Å². The number of carbonyl (C=O) groups is 1. The molecule has 1 unspecified atom stereocenters. The zero-order chi connectivity index (χ0) is 22.5. The van der Waals surface area contributed by atoms with Crippen LogP contribution < -0.4 is 16.1 Å². The van der Waals surface area contributed by atoms with E-state index >= 15 is 0 Å². The van der Waals surface area contributed by atoms with Crippen LogP contribution in [0.5, 0.6) is 5.75 Å². The molecule has 0 aliphatic rings. The SMILES string of the molecule is CC(O)C(=O)O.O=c1c2cc(O)ccc2n2nnc3ccc(NCCNCCO)c1c32. The standard InChI is InChI=1S/C17H17N5O3.C3H6O3/c23-8-7-18-5-6-19-12-2-3-13-16-15(12)17(25)11-9-10(24)1-4-14(11)22(16)21-20-13;1-2(4)3(5)6/h1-4,9,18-19,23-24H,5-8H2;2,4H,1H3,(H,5,6). The molecule has 0 spiro atoms. The molecule has 2 aromatic carbocycles. The Kier molecular flexibility index (Phi) is 6.80. The van der Waals surface area contributed by atoms with Gasteiger partial charge in [0.2, 0.25) is 0 Å². The van der Waals surface area contributed by atoms with Gasteiger partial charge < -0.3 is 31.1 Å². The molecule has 11 nitrogen and oxygen atoms in total. The summed E-state index contributed by atoms with van der Waals surface area (Å²) >= 11 is 0. The third kappa shape index (κ3) is 4.63. The summed E-state index contributed by atoms with van der Waals surface area (Å²) in [5.41, 5.74) is 2.44. The summed E-state index contributed by atoms with van der Waals surface area (Å²) in [4.78, 5) is 22.5. The van der Waals surface area contributed by atoms with Gasteiger partial charge in [-0.05, 0) is 37.3 Å². The van der Waals surface area contributed by atoms with Crippen LogP contribution in [0.25, 0.3) is 27.3 Å². The number of phenols is 1. The molecule has 2 heterocycles. The Bertz CT molecular complexity index is 1260. The summed E-state index contributed by atoms with van der Waals surface area (Å²) < 4.78 is 1.63. The Morgan fingerprint density at radius 2 is 1.94 bits per heavy atom. The number of aromatic nitrogens is 3. The lowest BCUT2D eigenvalue weighted by molar-refractivity contribution is -0.145. The average Bonchev–Trinajstić information content (AvgIpc) is 3.17. The number of fused-ring (bicyclic) bond motifs is 2. The number of phenolic OH excluding ortho intramolecular Hbond substituents is 1. The van der Waals surface area contributed by atoms with Crippen molar-refractivity contribution in [1.29, 1.82) is 0 Å². The molecular formula is C20H23N5O6. The number of aromatic hydroxyl groups is 1. The largest absolute Gasteiger partial charge is 0.508 e. The van der Waals surface area contributed by atoms with Crippen LogP contribution in [0.2, 0.25) is 0 Å². The number of anilines is 1. The van der Waals surface area contributed by atoms with Crippen molar-refractivity contribution in [3.05, 3.63) is 40.6 Å². The number of nitrogens with zero attached hydrogens (tertiary/aromatic N) is 3. The summed E-state index contributed by atoms with van der Waals surface area (Å²) in [6.07, 6.45) is -1.23. The number of hydrogen-bond donors (Lipinski definition) is 6. The summed E-state index contributed by atoms with van der Waals surface area (Å²) in [5.74, 6) is -1.15. The Balaban J connectivity index is 0.000000401. The van der Waals surface area contributed by atoms with Crippen molar-refractivity contribution >= 4 is 39.0 Å². The van der Waals surface area contributed by atoms with E-state index in [2.05, 4.69) is 20.9 Å². The topological polar surface area (TPSA) is 169 Å². The molecule has 0 saturated heterocycles. The molecule has 11 heteroatoms. The minimum Gasteiger partial charge on any atom is -0.508 e. The van der Waals surface area contributed by atoms with Crippen LogP contribution in [0, 0.1) is 0 Å². The van der Waals surface area contributed by atoms with E-state index in [-0.39, 0.29) is 17.8 Å². The number of hydrogen-bond acceptors (Lipinski definition) is 9. The lowest BCUT2D eigenvalue weighted by Gasteiger charge is -2.11. The summed E-state index contributed by atoms with van der Waals surface area (Å²) in [6, 6.07) is 8.28. The first-order valence-electron chi connectivity index (χ1n) is 9.58. The number of pyridine rings is 1. The molecular weight excluding hydrogens is 406 g/mol. The van der Waals surface area contributed by atoms with Crippen molar-refractivity contribution in [2.24, 2.45) is 0 Å². The monoisotopic (exact) mass is 429 g/mol. The summed E-state index contributed by atoms with van der Waals surface area (Å²) in [6.45, 7) is 3.06. The smallest absolute Gasteiger partial charge is 0.332 e. The van der Waals surface area contributed by atoms with Gasteiger partial charge in [-0.2, -0.15) is 0 Å². The number of aliphatic hydroxyl groups excluding tert-OH is 2. The van der Waals surface area contributed by atoms with Gasteiger partial charge in [0.15, 0.2) is 5.43 Å². The van der Waals surface area contributed by atoms with E-state index in [4.69, 9.17) is 15.3 Å². The van der Waals surface area contributed by atoms with Gasteiger partial charge in [-0.3, -0.25) is 4.79 Å². The fourth-order valence-electron chi connectivity index (χ4n) is 3.07. The highest BCUT2D eigenvalue weighted by Gasteiger charge is 2.17. The Hall–Kier alpha value is -3.54. The number of aliphatic hydroxyl groups is 2. The zero-order valence-corrected chi connectivity index (χ0v) is 16.7. The number of carboxylic acid groups (broad SMARTS) is 1. The normalized spacial score (nSPS) is 12.1. The lowest BCUT2D eigenvalue weighted by Crippen LogP contribution is -2.25. The molecule has 0 fully saturated rings. The second-order valence-corrected chi connectivity index (χ2v) is 6.80. The Labute approximate surface area is 175 Å². The molecule has 0 saturated carbocycles. The van der Waals surface area contributed by atoms with Crippen LogP contribution in [-0.4, -0.2) is 73.6 Å². The molecule has 4 aromatic rings. The van der Waals surface area contributed by atoms with E-state index in [0.29, 0.717) is 52.6 Å². The number of nitrogens with one attached hydrogen (secondary N) is 2. The van der Waals surface area contributed by atoms with Crippen LogP contribution >= 0.6 is 0 Å². The number of aliphatic carboxylic acids is 1. The highest BCUT2D eigenvalue weighted by atomic mass is 16.4. The van der Waals surface area contributed by atoms with E-state index in [1.807, 2.05) is 12.1 Å². The predicted octanol–water partition coefficient (Wildman–Crippen LogP) is -0.0151. The lowest BCUT2D eigenvalue weighted by atomic mass is 10.1. The molecule has 0 radical (unpaired) electrons.